The first-order valence-electron chi connectivity index (χ1n) is 7.14. The van der Waals surface area contributed by atoms with Crippen LogP contribution in [0.25, 0.3) is 0 Å². The molecule has 2 aromatic rings. The van der Waals surface area contributed by atoms with Crippen molar-refractivity contribution in [3.05, 3.63) is 58.7 Å². The van der Waals surface area contributed by atoms with Crippen molar-refractivity contribution >= 4 is 10.1 Å². The van der Waals surface area contributed by atoms with Crippen LogP contribution in [-0.2, 0) is 14.3 Å². The molecule has 1 aromatic carbocycles. The minimum absolute atomic E-state index is 0.0544. The summed E-state index contributed by atoms with van der Waals surface area (Å²) in [4.78, 5) is 0.134. The number of nitrogen functional groups attached to an aromatic ring is 1. The van der Waals surface area contributed by atoms with Gasteiger partial charge in [0.05, 0.1) is 4.90 Å². The van der Waals surface area contributed by atoms with Crippen LogP contribution in [0, 0.1) is 38.4 Å². The highest BCUT2D eigenvalue weighted by atomic mass is 32.2. The van der Waals surface area contributed by atoms with Crippen LogP contribution in [0.5, 0.6) is 0 Å². The second-order valence-corrected chi connectivity index (χ2v) is 6.91. The Labute approximate surface area is 141 Å². The van der Waals surface area contributed by atoms with Gasteiger partial charge < -0.3 is 0 Å². The Bertz CT molecular complexity index is 901. The molecule has 126 valence electrons. The van der Waals surface area contributed by atoms with E-state index >= 15 is 0 Å². The number of aromatic nitrogens is 1. The van der Waals surface area contributed by atoms with E-state index in [1.54, 1.807) is 26.0 Å². The molecule has 0 atom stereocenters. The van der Waals surface area contributed by atoms with Crippen molar-refractivity contribution in [3.8, 4) is 11.8 Å². The quantitative estimate of drug-likeness (QED) is 0.395. The lowest BCUT2D eigenvalue weighted by Gasteiger charge is -2.10. The molecule has 0 aliphatic heterocycles. The molecule has 24 heavy (non-hydrogen) atoms. The van der Waals surface area contributed by atoms with E-state index in [4.69, 9.17) is 10.0 Å². The predicted octanol–water partition coefficient (Wildman–Crippen LogP) is 1.51. The zero-order chi connectivity index (χ0) is 17.9. The lowest BCUT2D eigenvalue weighted by atomic mass is 10.1. The van der Waals surface area contributed by atoms with Gasteiger partial charge in [-0.15, -0.1) is 0 Å². The van der Waals surface area contributed by atoms with Crippen LogP contribution in [-0.4, -0.2) is 15.0 Å². The second kappa shape index (κ2) is 6.99. The molecule has 1 aromatic heterocycles. The number of pyridine rings is 1. The number of halogens is 1. The summed E-state index contributed by atoms with van der Waals surface area (Å²) in [5, 5.41) is 0. The summed E-state index contributed by atoms with van der Waals surface area (Å²) in [6.45, 7) is 4.90. The van der Waals surface area contributed by atoms with Crippen molar-refractivity contribution in [1.29, 1.82) is 0 Å². The third-order valence-electron chi connectivity index (χ3n) is 3.32. The first-order valence-corrected chi connectivity index (χ1v) is 8.54. The molecule has 7 heteroatoms. The van der Waals surface area contributed by atoms with Crippen LogP contribution < -0.4 is 10.5 Å². The first-order chi connectivity index (χ1) is 11.2. The summed E-state index contributed by atoms with van der Waals surface area (Å²) in [6.07, 6.45) is 1.43. The summed E-state index contributed by atoms with van der Waals surface area (Å²) in [5.41, 5.74) is 2.13. The molecule has 2 N–H and O–H groups in total. The molecule has 0 saturated heterocycles. The molecule has 0 unspecified atom stereocenters. The Morgan fingerprint density at radius 2 is 1.88 bits per heavy atom. The molecule has 0 saturated carbocycles. The molecule has 0 spiro atoms. The molecule has 0 aliphatic carbocycles. The molecular formula is C17H18FN2O3S+. The maximum absolute atomic E-state index is 13.6. The molecule has 1 heterocycles. The van der Waals surface area contributed by atoms with Crippen molar-refractivity contribution < 1.29 is 21.7 Å². The van der Waals surface area contributed by atoms with E-state index in [1.165, 1.54) is 18.3 Å². The van der Waals surface area contributed by atoms with Crippen molar-refractivity contribution in [2.75, 3.05) is 12.4 Å². The van der Waals surface area contributed by atoms with Crippen molar-refractivity contribution in [1.82, 2.24) is 0 Å². The Morgan fingerprint density at radius 1 is 1.25 bits per heavy atom. The van der Waals surface area contributed by atoms with Crippen molar-refractivity contribution in [2.24, 2.45) is 0 Å². The van der Waals surface area contributed by atoms with E-state index in [0.717, 1.165) is 10.2 Å². The maximum atomic E-state index is 13.6. The average molecular weight is 349 g/mol. The second-order valence-electron chi connectivity index (χ2n) is 5.36. The predicted molar refractivity (Wildman–Crippen MR) is 87.4 cm³/mol. The highest BCUT2D eigenvalue weighted by molar-refractivity contribution is 7.86. The number of nitrogens with two attached hydrogens (primary N) is 1. The monoisotopic (exact) mass is 349 g/mol. The van der Waals surface area contributed by atoms with Crippen LogP contribution in [0.1, 0.15) is 22.4 Å². The SMILES string of the molecule is Cc1cc(C)c(S(=O)(=O)OCC#Cc2c(F)ccc[n+]2N)c(C)c1. The van der Waals surface area contributed by atoms with Gasteiger partial charge in [-0.1, -0.05) is 28.3 Å². The van der Waals surface area contributed by atoms with Gasteiger partial charge in [0, 0.05) is 12.0 Å². The summed E-state index contributed by atoms with van der Waals surface area (Å²) < 4.78 is 44.2. The summed E-state index contributed by atoms with van der Waals surface area (Å²) in [6, 6.07) is 6.19. The lowest BCUT2D eigenvalue weighted by molar-refractivity contribution is -0.643. The van der Waals surface area contributed by atoms with Crippen LogP contribution in [0.4, 0.5) is 4.39 Å². The molecular weight excluding hydrogens is 331 g/mol. The Morgan fingerprint density at radius 3 is 2.46 bits per heavy atom. The minimum Gasteiger partial charge on any atom is -0.253 e. The van der Waals surface area contributed by atoms with Gasteiger partial charge in [0.25, 0.3) is 10.1 Å². The van der Waals surface area contributed by atoms with Crippen LogP contribution in [0.3, 0.4) is 0 Å². The summed E-state index contributed by atoms with van der Waals surface area (Å²) in [7, 11) is -3.95. The first kappa shape index (κ1) is 17.9. The van der Waals surface area contributed by atoms with Gasteiger partial charge in [-0.3, -0.25) is 4.18 Å². The fourth-order valence-corrected chi connectivity index (χ4v) is 3.71. The van der Waals surface area contributed by atoms with Gasteiger partial charge in [-0.25, -0.2) is 5.84 Å². The maximum Gasteiger partial charge on any atom is 0.321 e. The summed E-state index contributed by atoms with van der Waals surface area (Å²) >= 11 is 0. The Kier molecular flexibility index (Phi) is 5.22. The molecule has 0 aliphatic rings. The Balaban J connectivity index is 2.20. The van der Waals surface area contributed by atoms with Gasteiger partial charge in [-0.2, -0.15) is 12.8 Å². The molecule has 0 bridgehead atoms. The fourth-order valence-electron chi connectivity index (χ4n) is 2.47. The molecule has 0 radical (unpaired) electrons. The van der Waals surface area contributed by atoms with E-state index in [1.807, 2.05) is 6.92 Å². The van der Waals surface area contributed by atoms with E-state index in [9.17, 15) is 12.8 Å². The molecule has 0 fully saturated rings. The smallest absolute Gasteiger partial charge is 0.253 e. The van der Waals surface area contributed by atoms with Crippen LogP contribution in [0.2, 0.25) is 0 Å². The highest BCUT2D eigenvalue weighted by Gasteiger charge is 2.20. The summed E-state index contributed by atoms with van der Waals surface area (Å²) in [5.74, 6) is 9.89. The third kappa shape index (κ3) is 3.91. The normalized spacial score (nSPS) is 11.0. The van der Waals surface area contributed by atoms with E-state index in [2.05, 4.69) is 11.8 Å². The zero-order valence-corrected chi connectivity index (χ0v) is 14.4. The minimum atomic E-state index is -3.95. The number of aryl methyl sites for hydroxylation is 3. The largest absolute Gasteiger partial charge is 0.321 e. The number of nitrogens with zero attached hydrogens (tertiary/aromatic N) is 1. The third-order valence-corrected chi connectivity index (χ3v) is 4.89. The number of benzene rings is 1. The van der Waals surface area contributed by atoms with Gasteiger partial charge in [0.15, 0.2) is 0 Å². The number of hydrogen-bond acceptors (Lipinski definition) is 4. The van der Waals surface area contributed by atoms with Gasteiger partial charge in [0.2, 0.25) is 12.0 Å². The van der Waals surface area contributed by atoms with E-state index in [0.29, 0.717) is 11.1 Å². The van der Waals surface area contributed by atoms with Gasteiger partial charge >= 0.3 is 5.69 Å². The molecule has 5 nitrogen and oxygen atoms in total. The van der Waals surface area contributed by atoms with Gasteiger partial charge in [-0.05, 0) is 38.0 Å². The average Bonchev–Trinajstić information content (AvgIpc) is 2.44. The van der Waals surface area contributed by atoms with Crippen molar-refractivity contribution in [2.45, 2.75) is 25.7 Å². The Hall–Kier alpha value is -2.43. The van der Waals surface area contributed by atoms with Crippen molar-refractivity contribution in [3.63, 3.8) is 0 Å². The topological polar surface area (TPSA) is 73.3 Å². The lowest BCUT2D eigenvalue weighted by Crippen LogP contribution is -2.47. The fraction of sp³-hybridized carbons (Fsp3) is 0.235. The number of rotatable bonds is 3. The van der Waals surface area contributed by atoms with Crippen LogP contribution >= 0.6 is 0 Å². The standard InChI is InChI=1S/C17H18FN2O3S/c1-12-10-13(2)17(14(3)11-12)24(21,22)23-9-5-7-16-15(18)6-4-8-20(16)19/h4,6,8,10-11H,9,19H2,1-3H3/q+1. The molecule has 2 rings (SSSR count). The van der Waals surface area contributed by atoms with E-state index in [-0.39, 0.29) is 10.6 Å². The highest BCUT2D eigenvalue weighted by Crippen LogP contribution is 2.23. The van der Waals surface area contributed by atoms with Gasteiger partial charge in [0.1, 0.15) is 6.61 Å². The zero-order valence-electron chi connectivity index (χ0n) is 13.6. The molecule has 0 amide bonds. The van der Waals surface area contributed by atoms with E-state index < -0.39 is 22.5 Å². The van der Waals surface area contributed by atoms with Crippen LogP contribution in [0.15, 0.2) is 35.4 Å². The number of hydrogen-bond donors (Lipinski definition) is 1.